The maximum Gasteiger partial charge on any atom is 0.179 e. The number of carbonyl (C=O) groups excluding carboxylic acids is 1. The van der Waals surface area contributed by atoms with Crippen LogP contribution in [0.15, 0.2) is 12.3 Å². The quantitative estimate of drug-likeness (QED) is 0.621. The predicted molar refractivity (Wildman–Crippen MR) is 43.2 cm³/mol. The minimum absolute atomic E-state index is 0.468. The zero-order valence-electron chi connectivity index (χ0n) is 6.19. The molecule has 2 atom stereocenters. The normalized spacial score (nSPS) is 28.7. The predicted octanol–water partition coefficient (Wildman–Crippen LogP) is 0.539. The van der Waals surface area contributed by atoms with Gasteiger partial charge in [0.2, 0.25) is 0 Å². The molecule has 0 aromatic heterocycles. The Morgan fingerprint density at radius 2 is 2.64 bits per heavy atom. The summed E-state index contributed by atoms with van der Waals surface area (Å²) in [5.41, 5.74) is -1.85. The van der Waals surface area contributed by atoms with E-state index in [9.17, 15) is 9.90 Å². The van der Waals surface area contributed by atoms with Crippen LogP contribution < -0.4 is 0 Å². The number of carbonyl (C=O) groups is 1. The summed E-state index contributed by atoms with van der Waals surface area (Å²) in [5.74, 6) is 0.772. The molecule has 0 aliphatic carbocycles. The van der Waals surface area contributed by atoms with E-state index >= 15 is 0 Å². The van der Waals surface area contributed by atoms with Crippen LogP contribution in [0.1, 0.15) is 6.92 Å². The van der Waals surface area contributed by atoms with Crippen molar-refractivity contribution in [3.05, 3.63) is 12.3 Å². The van der Waals surface area contributed by atoms with Crippen LogP contribution in [0.5, 0.6) is 0 Å². The van der Waals surface area contributed by atoms with Gasteiger partial charge in [-0.1, -0.05) is 0 Å². The number of aldehydes is 1. The lowest BCUT2D eigenvalue weighted by Gasteiger charge is -2.28. The largest absolute Gasteiger partial charge is 0.484 e. The van der Waals surface area contributed by atoms with Crippen molar-refractivity contribution in [1.29, 1.82) is 0 Å². The molecule has 62 valence electrons. The number of hydrogen-bond acceptors (Lipinski definition) is 4. The molecular weight excluding hydrogens is 164 g/mol. The van der Waals surface area contributed by atoms with Crippen molar-refractivity contribution in [2.75, 3.05) is 5.75 Å². The average molecular weight is 174 g/mol. The lowest BCUT2D eigenvalue weighted by atomic mass is 10.1. The van der Waals surface area contributed by atoms with Crippen molar-refractivity contribution in [1.82, 2.24) is 0 Å². The summed E-state index contributed by atoms with van der Waals surface area (Å²) in [4.78, 5) is 10.4. The Hall–Kier alpha value is -0.480. The zero-order valence-corrected chi connectivity index (χ0v) is 7.00. The van der Waals surface area contributed by atoms with Gasteiger partial charge in [0.1, 0.15) is 0 Å². The van der Waals surface area contributed by atoms with E-state index in [4.69, 9.17) is 4.74 Å². The van der Waals surface area contributed by atoms with E-state index in [1.165, 1.54) is 24.9 Å². The van der Waals surface area contributed by atoms with Crippen molar-refractivity contribution in [2.24, 2.45) is 0 Å². The SMILES string of the molecule is CC(O)(C=O)C1OC=CCS1. The molecule has 0 saturated carbocycles. The van der Waals surface area contributed by atoms with Gasteiger partial charge in [-0.15, -0.1) is 11.8 Å². The molecule has 1 N–H and O–H groups in total. The highest BCUT2D eigenvalue weighted by Crippen LogP contribution is 2.26. The van der Waals surface area contributed by atoms with Gasteiger partial charge in [-0.25, -0.2) is 0 Å². The fourth-order valence-corrected chi connectivity index (χ4v) is 1.61. The first kappa shape index (κ1) is 8.62. The van der Waals surface area contributed by atoms with Gasteiger partial charge in [0, 0.05) is 5.75 Å². The van der Waals surface area contributed by atoms with Gasteiger partial charge in [-0.3, -0.25) is 4.79 Å². The van der Waals surface area contributed by atoms with Crippen LogP contribution in [-0.2, 0) is 9.53 Å². The molecule has 0 bridgehead atoms. The highest BCUT2D eigenvalue weighted by Gasteiger charge is 2.33. The monoisotopic (exact) mass is 174 g/mol. The molecule has 2 unspecified atom stereocenters. The Kier molecular flexibility index (Phi) is 2.57. The van der Waals surface area contributed by atoms with Gasteiger partial charge < -0.3 is 9.84 Å². The number of ether oxygens (including phenoxy) is 1. The smallest absolute Gasteiger partial charge is 0.179 e. The molecule has 0 aromatic rings. The van der Waals surface area contributed by atoms with Crippen molar-refractivity contribution in [2.45, 2.75) is 18.0 Å². The first-order chi connectivity index (χ1) is 5.17. The third-order valence-corrected chi connectivity index (χ3v) is 2.63. The summed E-state index contributed by atoms with van der Waals surface area (Å²) < 4.78 is 5.03. The first-order valence-electron chi connectivity index (χ1n) is 3.27. The Bertz CT molecular complexity index is 177. The summed E-state index contributed by atoms with van der Waals surface area (Å²) in [5, 5.41) is 9.40. The minimum Gasteiger partial charge on any atom is -0.484 e. The molecule has 0 fully saturated rings. The van der Waals surface area contributed by atoms with Crippen LogP contribution in [0.4, 0.5) is 0 Å². The van der Waals surface area contributed by atoms with Crippen molar-refractivity contribution < 1.29 is 14.6 Å². The van der Waals surface area contributed by atoms with E-state index in [-0.39, 0.29) is 0 Å². The van der Waals surface area contributed by atoms with E-state index < -0.39 is 11.0 Å². The maximum atomic E-state index is 10.4. The Morgan fingerprint density at radius 1 is 1.91 bits per heavy atom. The van der Waals surface area contributed by atoms with Gasteiger partial charge >= 0.3 is 0 Å². The molecule has 0 spiro atoms. The van der Waals surface area contributed by atoms with Crippen LogP contribution in [-0.4, -0.2) is 28.2 Å². The highest BCUT2D eigenvalue weighted by molar-refractivity contribution is 8.00. The van der Waals surface area contributed by atoms with Crippen molar-refractivity contribution in [3.63, 3.8) is 0 Å². The standard InChI is InChI=1S/C7H10O3S/c1-7(9,5-8)6-10-3-2-4-11-6/h2-3,5-6,9H,4H2,1H3. The molecular formula is C7H10O3S. The fraction of sp³-hybridized carbons (Fsp3) is 0.571. The van der Waals surface area contributed by atoms with E-state index in [1.807, 2.05) is 6.08 Å². The molecule has 1 heterocycles. The van der Waals surface area contributed by atoms with E-state index in [1.54, 1.807) is 0 Å². The molecule has 3 nitrogen and oxygen atoms in total. The summed E-state index contributed by atoms with van der Waals surface area (Å²) in [6, 6.07) is 0. The lowest BCUT2D eigenvalue weighted by molar-refractivity contribution is -0.128. The first-order valence-corrected chi connectivity index (χ1v) is 4.32. The highest BCUT2D eigenvalue weighted by atomic mass is 32.2. The molecule has 11 heavy (non-hydrogen) atoms. The molecule has 0 amide bonds. The Balaban J connectivity index is 2.59. The van der Waals surface area contributed by atoms with Gasteiger partial charge in [-0.2, -0.15) is 0 Å². The zero-order chi connectivity index (χ0) is 8.32. The topological polar surface area (TPSA) is 46.5 Å². The van der Waals surface area contributed by atoms with E-state index in [0.717, 1.165) is 5.75 Å². The number of aliphatic hydroxyl groups is 1. The van der Waals surface area contributed by atoms with E-state index in [2.05, 4.69) is 0 Å². The third kappa shape index (κ3) is 1.97. The third-order valence-electron chi connectivity index (χ3n) is 1.36. The summed E-state index contributed by atoms with van der Waals surface area (Å²) in [6.45, 7) is 1.44. The molecule has 1 aliphatic heterocycles. The molecule has 0 saturated heterocycles. The van der Waals surface area contributed by atoms with Gasteiger partial charge in [-0.05, 0) is 13.0 Å². The second-order valence-electron chi connectivity index (χ2n) is 2.52. The van der Waals surface area contributed by atoms with Crippen LogP contribution in [0, 0.1) is 0 Å². The second-order valence-corrected chi connectivity index (χ2v) is 3.61. The van der Waals surface area contributed by atoms with Crippen LogP contribution in [0.25, 0.3) is 0 Å². The average Bonchev–Trinajstić information content (AvgIpc) is 2.06. The molecule has 1 aliphatic rings. The second kappa shape index (κ2) is 3.28. The molecule has 4 heteroatoms. The van der Waals surface area contributed by atoms with Gasteiger partial charge in [0.15, 0.2) is 17.3 Å². The fourth-order valence-electron chi connectivity index (χ4n) is 0.710. The Labute approximate surface area is 69.4 Å². The molecule has 0 aromatic carbocycles. The van der Waals surface area contributed by atoms with Crippen molar-refractivity contribution >= 4 is 18.0 Å². The summed E-state index contributed by atoms with van der Waals surface area (Å²) >= 11 is 1.40. The molecule has 0 radical (unpaired) electrons. The lowest BCUT2D eigenvalue weighted by Crippen LogP contribution is -2.40. The minimum atomic E-state index is -1.38. The van der Waals surface area contributed by atoms with Crippen LogP contribution in [0.3, 0.4) is 0 Å². The maximum absolute atomic E-state index is 10.4. The van der Waals surface area contributed by atoms with Crippen molar-refractivity contribution in [3.8, 4) is 0 Å². The summed E-state index contributed by atoms with van der Waals surface area (Å²) in [6.07, 6.45) is 3.85. The van der Waals surface area contributed by atoms with Gasteiger partial charge in [0.05, 0.1) is 6.26 Å². The van der Waals surface area contributed by atoms with Gasteiger partial charge in [0.25, 0.3) is 0 Å². The Morgan fingerprint density at radius 3 is 3.09 bits per heavy atom. The summed E-state index contributed by atoms with van der Waals surface area (Å²) in [7, 11) is 0. The van der Waals surface area contributed by atoms with E-state index in [0.29, 0.717) is 6.29 Å². The number of hydrogen-bond donors (Lipinski definition) is 1. The molecule has 1 rings (SSSR count). The van der Waals surface area contributed by atoms with Crippen LogP contribution in [0.2, 0.25) is 0 Å². The van der Waals surface area contributed by atoms with Crippen LogP contribution >= 0.6 is 11.8 Å². The number of rotatable bonds is 2. The number of thioether (sulfide) groups is 1.